The van der Waals surface area contributed by atoms with Crippen molar-refractivity contribution in [3.8, 4) is 5.69 Å². The number of benzene rings is 2. The van der Waals surface area contributed by atoms with Crippen LogP contribution in [0.5, 0.6) is 0 Å². The van der Waals surface area contributed by atoms with Crippen LogP contribution < -0.4 is 10.9 Å². The first-order valence-corrected chi connectivity index (χ1v) is 29.7. The van der Waals surface area contributed by atoms with Crippen LogP contribution in [0, 0.1) is 35.8 Å². The van der Waals surface area contributed by atoms with Crippen molar-refractivity contribution in [3.05, 3.63) is 109 Å². The van der Waals surface area contributed by atoms with Crippen molar-refractivity contribution >= 4 is 50.6 Å². The number of carbonyl (C=O) groups excluding carboxylic acids is 1. The number of unbranched alkanes of at least 4 members (excludes halogenated alkanes) is 3. The van der Waals surface area contributed by atoms with Gasteiger partial charge in [0, 0.05) is 108 Å². The lowest BCUT2D eigenvalue weighted by molar-refractivity contribution is -0.117. The maximum absolute atomic E-state index is 14.9. The van der Waals surface area contributed by atoms with Gasteiger partial charge in [-0.1, -0.05) is 65.0 Å². The lowest BCUT2D eigenvalue weighted by atomic mass is 9.84. The minimum absolute atomic E-state index is 0.144. The molecule has 0 spiro atoms. The van der Waals surface area contributed by atoms with E-state index in [1.807, 2.05) is 39.3 Å². The Balaban J connectivity index is 0.000000268. The Morgan fingerprint density at radius 2 is 1.64 bits per heavy atom. The predicted molar refractivity (Wildman–Crippen MR) is 300 cm³/mol. The number of Topliss-reactive ketones (excluding diaryl/α,β-unsaturated/α-hetero) is 1. The van der Waals surface area contributed by atoms with E-state index in [0.29, 0.717) is 69.8 Å². The van der Waals surface area contributed by atoms with Crippen LogP contribution in [-0.4, -0.2) is 78.7 Å². The van der Waals surface area contributed by atoms with Crippen LogP contribution in [0.3, 0.4) is 0 Å². The third-order valence-corrected chi connectivity index (χ3v) is 15.1. The first-order chi connectivity index (χ1) is 36.1. The average molecular weight is 1090 g/mol. The number of ether oxygens (including phenoxy) is 1. The Morgan fingerprint density at radius 3 is 2.22 bits per heavy atom. The van der Waals surface area contributed by atoms with Gasteiger partial charge in [0.1, 0.15) is 22.8 Å². The number of halogens is 5. The number of hydrogen-bond donors (Lipinski definition) is 2. The second-order valence-electron chi connectivity index (χ2n) is 21.7. The van der Waals surface area contributed by atoms with E-state index in [0.717, 1.165) is 36.8 Å². The van der Waals surface area contributed by atoms with Gasteiger partial charge in [-0.3, -0.25) is 23.0 Å². The number of hydrogen-bond acceptors (Lipinski definition) is 9. The Hall–Kier alpha value is -4.80. The molecule has 3 saturated carbocycles. The molecule has 76 heavy (non-hydrogen) atoms. The number of fused-ring (bicyclic) bond motifs is 4. The summed E-state index contributed by atoms with van der Waals surface area (Å²) in [5.41, 5.74) is 7.56. The number of carbonyl (C=O) groups is 1. The summed E-state index contributed by atoms with van der Waals surface area (Å²) in [7, 11) is 1.14. The van der Waals surface area contributed by atoms with Crippen LogP contribution in [0.2, 0.25) is 5.02 Å². The van der Waals surface area contributed by atoms with E-state index in [-0.39, 0.29) is 60.8 Å². The zero-order valence-corrected chi connectivity index (χ0v) is 47.9. The molecule has 3 aromatic heterocycles. The fraction of sp³-hybridized carbons (Fsp3) is 0.593. The number of rotatable bonds is 19. The molecule has 2 aromatic carbocycles. The van der Waals surface area contributed by atoms with E-state index < -0.39 is 39.8 Å². The fourth-order valence-electron chi connectivity index (χ4n) is 10.7. The number of alkyl halides is 2. The number of methoxy groups -OCH3 is 1. The summed E-state index contributed by atoms with van der Waals surface area (Å²) in [5.74, 6) is -2.00. The molecule has 5 aromatic rings. The first kappa shape index (κ1) is 60.4. The standard InChI is InChI=1S/C37H42ClF4N5O.C13H16N2O.C7H16O.C2H6OS/c1-6-8-28(43)32-21(5)31(10-9-27(32)38)47-35(26(20(3)4)17-22-15-24(39)18-25(40)16-22)46-34-33(36(47)48)30(44-7-2)19-29(45-34)23-11-13-37(41,42)14-12-23;1-7(16)6-15-11-5-9-4-10(9)12(11)13(14-15)8-2-3-8;1-3-4-5-6-7-8-2;1-4(2)3/h9-10,15-16,18-20,23,26,43H,6-8,11-14,17H2,1-5H3,(H,44,45);8-10H,2-6H2,1H3;3-7H2,1-2H3;1-2H3. The Bertz CT molecular complexity index is 2880. The summed E-state index contributed by atoms with van der Waals surface area (Å²) < 4.78 is 74.8. The summed E-state index contributed by atoms with van der Waals surface area (Å²) in [4.78, 5) is 36.0. The minimum atomic E-state index is -2.71. The number of ketones is 1. The first-order valence-electron chi connectivity index (χ1n) is 27.4. The van der Waals surface area contributed by atoms with Gasteiger partial charge in [-0.25, -0.2) is 27.5 Å². The van der Waals surface area contributed by atoms with E-state index in [1.54, 1.807) is 50.3 Å². The normalized spacial score (nSPS) is 17.7. The number of anilines is 1. The number of nitrogens with one attached hydrogen (secondary N) is 2. The molecule has 3 atom stereocenters. The SMILES string of the molecule is CC(=O)Cn1nc(C2CC2)c2c1CC1CC21.CCCC(=N)c1c(Cl)ccc(-n2c(C(Cc3cc(F)cc(F)c3)C(C)C)nc3nc(C4CCC(F)(F)CC4)cc(NCC)c3c2=O)c1C.CCCCCCOC.CS(C)=O. The molecule has 17 heteroatoms. The third kappa shape index (κ3) is 15.5. The van der Waals surface area contributed by atoms with Crippen LogP contribution in [0.4, 0.5) is 23.2 Å². The van der Waals surface area contributed by atoms with Crippen LogP contribution in [0.25, 0.3) is 16.7 Å². The number of aromatic nitrogens is 5. The molecule has 3 unspecified atom stereocenters. The van der Waals surface area contributed by atoms with Gasteiger partial charge in [0.25, 0.3) is 5.56 Å². The molecule has 3 fully saturated rings. The molecule has 0 amide bonds. The van der Waals surface area contributed by atoms with Gasteiger partial charge in [-0.15, -0.1) is 0 Å². The Morgan fingerprint density at radius 1 is 0.974 bits per heavy atom. The number of pyridine rings is 1. The molecule has 3 heterocycles. The van der Waals surface area contributed by atoms with E-state index in [4.69, 9.17) is 36.8 Å². The summed E-state index contributed by atoms with van der Waals surface area (Å²) in [6.07, 6.45) is 15.1. The maximum atomic E-state index is 14.9. The summed E-state index contributed by atoms with van der Waals surface area (Å²) >= 11 is 6.64. The smallest absolute Gasteiger partial charge is 0.269 e. The van der Waals surface area contributed by atoms with Crippen molar-refractivity contribution in [1.82, 2.24) is 24.3 Å². The topological polar surface area (TPSA) is 145 Å². The molecular weight excluding hydrogens is 1010 g/mol. The Labute approximate surface area is 454 Å². The molecular formula is C59H80ClF4N7O4S. The van der Waals surface area contributed by atoms with Crippen LogP contribution in [0.15, 0.2) is 41.2 Å². The monoisotopic (exact) mass is 1090 g/mol. The second kappa shape index (κ2) is 27.2. The third-order valence-electron chi connectivity index (χ3n) is 14.7. The van der Waals surface area contributed by atoms with E-state index in [9.17, 15) is 31.4 Å². The molecule has 0 radical (unpaired) electrons. The van der Waals surface area contributed by atoms with Crippen molar-refractivity contribution in [1.29, 1.82) is 5.41 Å². The van der Waals surface area contributed by atoms with Gasteiger partial charge in [0.15, 0.2) is 11.4 Å². The highest BCUT2D eigenvalue weighted by molar-refractivity contribution is 7.83. The minimum Gasteiger partial charge on any atom is -0.385 e. The molecule has 0 saturated heterocycles. The van der Waals surface area contributed by atoms with Crippen LogP contribution in [-0.2, 0) is 39.7 Å². The zero-order chi connectivity index (χ0) is 55.6. The van der Waals surface area contributed by atoms with Crippen LogP contribution in [0.1, 0.15) is 194 Å². The molecule has 11 nitrogen and oxygen atoms in total. The highest BCUT2D eigenvalue weighted by Gasteiger charge is 2.51. The quantitative estimate of drug-likeness (QED) is 0.0472. The molecule has 416 valence electrons. The molecule has 4 aliphatic rings. The van der Waals surface area contributed by atoms with E-state index in [2.05, 4.69) is 12.2 Å². The zero-order valence-electron chi connectivity index (χ0n) is 46.3. The number of nitrogens with zero attached hydrogens (tertiary/aromatic N) is 5. The molecule has 9 rings (SSSR count). The van der Waals surface area contributed by atoms with Crippen LogP contribution >= 0.6 is 11.6 Å². The molecule has 4 aliphatic carbocycles. The summed E-state index contributed by atoms with van der Waals surface area (Å²) in [6.45, 7) is 15.4. The molecule has 0 aliphatic heterocycles. The molecule has 0 bridgehead atoms. The lowest BCUT2D eigenvalue weighted by Gasteiger charge is -2.29. The lowest BCUT2D eigenvalue weighted by Crippen LogP contribution is -2.30. The summed E-state index contributed by atoms with van der Waals surface area (Å²) in [5, 5.41) is 17.4. The van der Waals surface area contributed by atoms with Crippen molar-refractivity contribution in [3.63, 3.8) is 0 Å². The fourth-order valence-corrected chi connectivity index (χ4v) is 11.1. The van der Waals surface area contributed by atoms with Crippen molar-refractivity contribution in [2.75, 3.05) is 38.1 Å². The van der Waals surface area contributed by atoms with Crippen molar-refractivity contribution < 1.29 is 31.3 Å². The largest absolute Gasteiger partial charge is 0.385 e. The highest BCUT2D eigenvalue weighted by atomic mass is 35.5. The second-order valence-corrected chi connectivity index (χ2v) is 23.6. The van der Waals surface area contributed by atoms with Gasteiger partial charge in [-0.2, -0.15) is 5.10 Å². The van der Waals surface area contributed by atoms with Crippen molar-refractivity contribution in [2.24, 2.45) is 11.8 Å². The van der Waals surface area contributed by atoms with E-state index >= 15 is 0 Å². The molecule has 2 N–H and O–H groups in total. The predicted octanol–water partition coefficient (Wildman–Crippen LogP) is 14.1. The van der Waals surface area contributed by atoms with E-state index in [1.165, 1.54) is 79.5 Å². The van der Waals surface area contributed by atoms with Gasteiger partial charge in [0.2, 0.25) is 5.92 Å². The average Bonchev–Trinajstić information content (AvgIpc) is 4.27. The van der Waals surface area contributed by atoms with Gasteiger partial charge in [0.05, 0.1) is 28.6 Å². The van der Waals surface area contributed by atoms with Gasteiger partial charge >= 0.3 is 0 Å². The van der Waals surface area contributed by atoms with Crippen molar-refractivity contribution in [2.45, 2.75) is 181 Å². The highest BCUT2D eigenvalue weighted by Crippen LogP contribution is 2.60. The van der Waals surface area contributed by atoms with Gasteiger partial charge < -0.3 is 15.5 Å². The Kier molecular flexibility index (Phi) is 21.6. The maximum Gasteiger partial charge on any atom is 0.269 e. The van der Waals surface area contributed by atoms with Gasteiger partial charge in [-0.05, 0) is 138 Å². The summed E-state index contributed by atoms with van der Waals surface area (Å²) in [6, 6.07) is 8.54.